The second kappa shape index (κ2) is 7.00. The number of imide groups is 1. The number of urea groups is 1. The zero-order valence-corrected chi connectivity index (χ0v) is 14.5. The first-order chi connectivity index (χ1) is 12.1. The van der Waals surface area contributed by atoms with E-state index in [1.807, 2.05) is 37.3 Å². The van der Waals surface area contributed by atoms with E-state index in [0.29, 0.717) is 18.8 Å². The van der Waals surface area contributed by atoms with Gasteiger partial charge in [-0.3, -0.25) is 9.69 Å². The molecule has 8 nitrogen and oxygen atoms in total. The number of rotatable bonds is 7. The molecule has 1 unspecified atom stereocenters. The van der Waals surface area contributed by atoms with Gasteiger partial charge >= 0.3 is 6.03 Å². The van der Waals surface area contributed by atoms with E-state index < -0.39 is 11.6 Å². The van der Waals surface area contributed by atoms with Gasteiger partial charge in [0.15, 0.2) is 5.82 Å². The Balaban J connectivity index is 1.86. The minimum absolute atomic E-state index is 0.0654. The molecule has 1 fully saturated rings. The van der Waals surface area contributed by atoms with Crippen LogP contribution in [-0.2, 0) is 23.4 Å². The Hall–Kier alpha value is -2.77. The topological polar surface area (TPSA) is 93.0 Å². The number of unbranched alkanes of at least 4 members (excludes halogenated alkanes) is 1. The Bertz CT molecular complexity index is 760. The second-order valence-corrected chi connectivity index (χ2v) is 6.12. The summed E-state index contributed by atoms with van der Waals surface area (Å²) in [5, 5.41) is 14.5. The Morgan fingerprint density at radius 2 is 1.92 bits per heavy atom. The van der Waals surface area contributed by atoms with Crippen LogP contribution in [0.4, 0.5) is 4.79 Å². The summed E-state index contributed by atoms with van der Waals surface area (Å²) in [7, 11) is 0. The molecule has 1 saturated heterocycles. The summed E-state index contributed by atoms with van der Waals surface area (Å²) in [6, 6.07) is 8.90. The molecule has 8 heteroatoms. The lowest BCUT2D eigenvalue weighted by Crippen LogP contribution is -2.43. The van der Waals surface area contributed by atoms with Gasteiger partial charge in [-0.15, -0.1) is 5.10 Å². The molecule has 1 atom stereocenters. The van der Waals surface area contributed by atoms with Crippen molar-refractivity contribution in [1.29, 1.82) is 0 Å². The minimum atomic E-state index is -1.03. The predicted molar refractivity (Wildman–Crippen MR) is 90.2 cm³/mol. The lowest BCUT2D eigenvalue weighted by molar-refractivity contribution is -0.132. The average Bonchev–Trinajstić information content (AvgIpc) is 3.18. The third-order valence-electron chi connectivity index (χ3n) is 4.60. The van der Waals surface area contributed by atoms with Crippen molar-refractivity contribution in [1.82, 2.24) is 30.4 Å². The lowest BCUT2D eigenvalue weighted by atomic mass is 9.87. The third-order valence-corrected chi connectivity index (χ3v) is 4.60. The van der Waals surface area contributed by atoms with E-state index in [2.05, 4.69) is 27.8 Å². The maximum absolute atomic E-state index is 13.1. The number of carbonyl (C=O) groups excluding carboxylic acids is 2. The van der Waals surface area contributed by atoms with Crippen LogP contribution in [0.5, 0.6) is 0 Å². The van der Waals surface area contributed by atoms with Crippen molar-refractivity contribution in [2.24, 2.45) is 0 Å². The number of aryl methyl sites for hydroxylation is 1. The quantitative estimate of drug-likeness (QED) is 0.775. The first-order valence-electron chi connectivity index (χ1n) is 8.57. The van der Waals surface area contributed by atoms with Crippen molar-refractivity contribution in [3.63, 3.8) is 0 Å². The van der Waals surface area contributed by atoms with Crippen LogP contribution in [-0.4, -0.2) is 37.0 Å². The molecule has 1 aromatic heterocycles. The van der Waals surface area contributed by atoms with E-state index in [1.165, 1.54) is 4.90 Å². The van der Waals surface area contributed by atoms with Crippen LogP contribution in [0.25, 0.3) is 0 Å². The summed E-state index contributed by atoms with van der Waals surface area (Å²) in [5.74, 6) is 0.244. The number of hydrogen-bond donors (Lipinski definition) is 1. The van der Waals surface area contributed by atoms with E-state index in [9.17, 15) is 9.59 Å². The van der Waals surface area contributed by atoms with Gasteiger partial charge in [0.05, 0.1) is 6.54 Å². The first kappa shape index (κ1) is 17.1. The largest absolute Gasteiger partial charge is 0.325 e. The molecule has 0 aliphatic carbocycles. The van der Waals surface area contributed by atoms with Crippen LogP contribution >= 0.6 is 0 Å². The smallest absolute Gasteiger partial charge is 0.319 e. The average molecular weight is 342 g/mol. The van der Waals surface area contributed by atoms with Crippen LogP contribution in [0.3, 0.4) is 0 Å². The third kappa shape index (κ3) is 2.99. The summed E-state index contributed by atoms with van der Waals surface area (Å²) in [5.41, 5.74) is -0.246. The molecular formula is C17H22N6O2. The lowest BCUT2D eigenvalue weighted by Gasteiger charge is -2.25. The number of tetrazole rings is 1. The minimum Gasteiger partial charge on any atom is -0.319 e. The normalized spacial score (nSPS) is 20.2. The molecule has 1 aliphatic rings. The van der Waals surface area contributed by atoms with Gasteiger partial charge in [0.2, 0.25) is 0 Å². The first-order valence-corrected chi connectivity index (χ1v) is 8.57. The van der Waals surface area contributed by atoms with Crippen molar-refractivity contribution < 1.29 is 9.59 Å². The fourth-order valence-electron chi connectivity index (χ4n) is 3.09. The highest BCUT2D eigenvalue weighted by Gasteiger charge is 2.51. The van der Waals surface area contributed by atoms with Crippen LogP contribution in [0.1, 0.15) is 44.5 Å². The van der Waals surface area contributed by atoms with Crippen LogP contribution < -0.4 is 5.32 Å². The Morgan fingerprint density at radius 1 is 1.16 bits per heavy atom. The number of benzene rings is 1. The molecule has 3 amide bonds. The van der Waals surface area contributed by atoms with Crippen LogP contribution in [0.15, 0.2) is 30.3 Å². The van der Waals surface area contributed by atoms with E-state index in [4.69, 9.17) is 0 Å². The van der Waals surface area contributed by atoms with Crippen molar-refractivity contribution in [2.45, 2.75) is 51.7 Å². The molecule has 0 saturated carbocycles. The van der Waals surface area contributed by atoms with Gasteiger partial charge in [0.1, 0.15) is 5.54 Å². The monoisotopic (exact) mass is 342 g/mol. The summed E-state index contributed by atoms with van der Waals surface area (Å²) in [4.78, 5) is 26.8. The predicted octanol–water partition coefficient (Wildman–Crippen LogP) is 1.83. The van der Waals surface area contributed by atoms with Gasteiger partial charge < -0.3 is 5.32 Å². The zero-order chi connectivity index (χ0) is 17.9. The summed E-state index contributed by atoms with van der Waals surface area (Å²) in [6.45, 7) is 4.70. The molecule has 1 N–H and O–H groups in total. The maximum Gasteiger partial charge on any atom is 0.325 e. The molecule has 2 aromatic rings. The van der Waals surface area contributed by atoms with Gasteiger partial charge in [-0.25, -0.2) is 9.48 Å². The SMILES string of the molecule is CCCCn1nnnc1CN1C(=O)NC(CC)(c2ccccc2)C1=O. The fourth-order valence-corrected chi connectivity index (χ4v) is 3.09. The number of amides is 3. The molecule has 0 bridgehead atoms. The molecule has 2 heterocycles. The zero-order valence-electron chi connectivity index (χ0n) is 14.5. The van der Waals surface area contributed by atoms with Gasteiger partial charge in [-0.05, 0) is 28.8 Å². The summed E-state index contributed by atoms with van der Waals surface area (Å²) >= 11 is 0. The molecule has 1 aromatic carbocycles. The molecule has 0 spiro atoms. The van der Waals surface area contributed by atoms with Crippen molar-refractivity contribution in [3.05, 3.63) is 41.7 Å². The molecular weight excluding hydrogens is 320 g/mol. The Labute approximate surface area is 146 Å². The van der Waals surface area contributed by atoms with Gasteiger partial charge in [-0.1, -0.05) is 50.6 Å². The Morgan fingerprint density at radius 3 is 2.60 bits per heavy atom. The summed E-state index contributed by atoms with van der Waals surface area (Å²) in [6.07, 6.45) is 2.41. The van der Waals surface area contributed by atoms with E-state index in [0.717, 1.165) is 18.4 Å². The van der Waals surface area contributed by atoms with E-state index in [-0.39, 0.29) is 12.5 Å². The van der Waals surface area contributed by atoms with Crippen molar-refractivity contribution in [2.75, 3.05) is 0 Å². The number of nitrogens with zero attached hydrogens (tertiary/aromatic N) is 5. The number of hydrogen-bond acceptors (Lipinski definition) is 5. The highest BCUT2D eigenvalue weighted by Crippen LogP contribution is 2.32. The maximum atomic E-state index is 13.1. The molecule has 1 aliphatic heterocycles. The van der Waals surface area contributed by atoms with Gasteiger partial charge in [-0.2, -0.15) is 0 Å². The Kier molecular flexibility index (Phi) is 4.78. The molecule has 132 valence electrons. The highest BCUT2D eigenvalue weighted by molar-refractivity contribution is 6.07. The van der Waals surface area contributed by atoms with E-state index >= 15 is 0 Å². The van der Waals surface area contributed by atoms with Crippen molar-refractivity contribution in [3.8, 4) is 0 Å². The molecule has 0 radical (unpaired) electrons. The van der Waals surface area contributed by atoms with Crippen molar-refractivity contribution >= 4 is 11.9 Å². The summed E-state index contributed by atoms with van der Waals surface area (Å²) < 4.78 is 1.65. The number of carbonyl (C=O) groups is 2. The van der Waals surface area contributed by atoms with E-state index in [1.54, 1.807) is 4.68 Å². The van der Waals surface area contributed by atoms with Crippen LogP contribution in [0.2, 0.25) is 0 Å². The fraction of sp³-hybridized carbons (Fsp3) is 0.471. The molecule has 3 rings (SSSR count). The standard InChI is InChI=1S/C17H22N6O2/c1-3-5-11-23-14(19-20-21-23)12-22-15(24)17(4-2,18-16(22)25)13-9-7-6-8-10-13/h6-10H,3-5,11-12H2,1-2H3,(H,18,25). The van der Waals surface area contributed by atoms with Gasteiger partial charge in [0.25, 0.3) is 5.91 Å². The second-order valence-electron chi connectivity index (χ2n) is 6.12. The molecule has 25 heavy (non-hydrogen) atoms. The van der Waals surface area contributed by atoms with Crippen LogP contribution in [0, 0.1) is 0 Å². The highest BCUT2D eigenvalue weighted by atomic mass is 16.2. The number of aromatic nitrogens is 4. The number of nitrogens with one attached hydrogen (secondary N) is 1. The van der Waals surface area contributed by atoms with Gasteiger partial charge in [0, 0.05) is 6.54 Å².